The van der Waals surface area contributed by atoms with E-state index in [1.54, 1.807) is 0 Å². The topological polar surface area (TPSA) is 35.5 Å². The summed E-state index contributed by atoms with van der Waals surface area (Å²) in [5.41, 5.74) is 1.93. The Morgan fingerprint density at radius 1 is 1.35 bits per heavy atom. The number of cyclic esters (lactones) is 1. The maximum absolute atomic E-state index is 10.9. The van der Waals surface area contributed by atoms with E-state index in [1.165, 1.54) is 6.08 Å². The first-order chi connectivity index (χ1) is 8.25. The van der Waals surface area contributed by atoms with Gasteiger partial charge in [-0.1, -0.05) is 42.5 Å². The van der Waals surface area contributed by atoms with Crippen LogP contribution in [0.4, 0.5) is 0 Å². The van der Waals surface area contributed by atoms with E-state index in [9.17, 15) is 4.79 Å². The number of carbonyl (C=O) groups is 1. The van der Waals surface area contributed by atoms with Gasteiger partial charge in [0.1, 0.15) is 0 Å². The van der Waals surface area contributed by atoms with Crippen LogP contribution < -0.4 is 0 Å². The van der Waals surface area contributed by atoms with Crippen molar-refractivity contribution in [3.8, 4) is 0 Å². The van der Waals surface area contributed by atoms with Crippen molar-refractivity contribution in [3.05, 3.63) is 53.6 Å². The van der Waals surface area contributed by atoms with E-state index >= 15 is 0 Å². The molecular weight excluding hydrogens is 216 g/mol. The molecule has 0 aliphatic carbocycles. The van der Waals surface area contributed by atoms with Crippen LogP contribution in [0.25, 0.3) is 6.08 Å². The van der Waals surface area contributed by atoms with Gasteiger partial charge in [-0.3, -0.25) is 0 Å². The van der Waals surface area contributed by atoms with Crippen molar-refractivity contribution in [3.63, 3.8) is 0 Å². The fourth-order valence-corrected chi connectivity index (χ4v) is 1.54. The smallest absolute Gasteiger partial charge is 0.333 e. The summed E-state index contributed by atoms with van der Waals surface area (Å²) >= 11 is 0. The van der Waals surface area contributed by atoms with Crippen molar-refractivity contribution in [2.24, 2.45) is 0 Å². The average Bonchev–Trinajstić information content (AvgIpc) is 2.65. The second-order valence-electron chi connectivity index (χ2n) is 3.80. The van der Waals surface area contributed by atoms with Crippen LogP contribution in [0.2, 0.25) is 0 Å². The minimum atomic E-state index is -0.525. The van der Waals surface area contributed by atoms with Gasteiger partial charge in [0.05, 0.1) is 6.61 Å². The van der Waals surface area contributed by atoms with E-state index < -0.39 is 6.29 Å². The highest BCUT2D eigenvalue weighted by molar-refractivity contribution is 5.85. The predicted molar refractivity (Wildman–Crippen MR) is 65.1 cm³/mol. The molecule has 0 N–H and O–H groups in total. The second-order valence-corrected chi connectivity index (χ2v) is 3.80. The van der Waals surface area contributed by atoms with E-state index in [-0.39, 0.29) is 5.97 Å². The van der Waals surface area contributed by atoms with Crippen molar-refractivity contribution in [1.29, 1.82) is 0 Å². The van der Waals surface area contributed by atoms with Gasteiger partial charge in [0.15, 0.2) is 0 Å². The number of ether oxygens (including phenoxy) is 2. The molecule has 0 saturated heterocycles. The standard InChI is InChI=1S/C14H14O3/c1-11-10-13(15)17-14(11)16-9-5-8-12-6-3-2-4-7-12/h2-8,10,14H,9H2,1H3/b8-5-. The Morgan fingerprint density at radius 3 is 2.76 bits per heavy atom. The maximum atomic E-state index is 10.9. The van der Waals surface area contributed by atoms with Gasteiger partial charge in [0.25, 0.3) is 0 Å². The number of hydrogen-bond acceptors (Lipinski definition) is 3. The van der Waals surface area contributed by atoms with Gasteiger partial charge in [0, 0.05) is 11.6 Å². The molecule has 0 amide bonds. The Morgan fingerprint density at radius 2 is 2.12 bits per heavy atom. The van der Waals surface area contributed by atoms with E-state index in [1.807, 2.05) is 49.4 Å². The highest BCUT2D eigenvalue weighted by atomic mass is 16.7. The van der Waals surface area contributed by atoms with Crippen LogP contribution in [0, 0.1) is 0 Å². The molecule has 1 aromatic rings. The largest absolute Gasteiger partial charge is 0.428 e. The molecule has 1 aromatic carbocycles. The van der Waals surface area contributed by atoms with Gasteiger partial charge in [-0.2, -0.15) is 0 Å². The molecule has 0 radical (unpaired) electrons. The summed E-state index contributed by atoms with van der Waals surface area (Å²) in [6, 6.07) is 9.95. The highest BCUT2D eigenvalue weighted by Gasteiger charge is 2.22. The Hall–Kier alpha value is -1.87. The molecule has 2 rings (SSSR count). The molecule has 0 aromatic heterocycles. The van der Waals surface area contributed by atoms with Gasteiger partial charge in [-0.15, -0.1) is 0 Å². The quantitative estimate of drug-likeness (QED) is 0.746. The maximum Gasteiger partial charge on any atom is 0.333 e. The summed E-state index contributed by atoms with van der Waals surface area (Å²) in [5.74, 6) is -0.334. The third kappa shape index (κ3) is 3.29. The molecule has 88 valence electrons. The van der Waals surface area contributed by atoms with Gasteiger partial charge in [0.2, 0.25) is 6.29 Å². The predicted octanol–water partition coefficient (Wildman–Crippen LogP) is 2.55. The van der Waals surface area contributed by atoms with Crippen LogP contribution in [0.1, 0.15) is 12.5 Å². The third-order valence-corrected chi connectivity index (χ3v) is 2.39. The van der Waals surface area contributed by atoms with Gasteiger partial charge in [-0.05, 0) is 12.5 Å². The summed E-state index contributed by atoms with van der Waals surface area (Å²) < 4.78 is 10.3. The molecule has 0 spiro atoms. The molecule has 3 nitrogen and oxygen atoms in total. The molecule has 3 heteroatoms. The Balaban J connectivity index is 1.79. The molecule has 17 heavy (non-hydrogen) atoms. The minimum absolute atomic E-state index is 0.334. The average molecular weight is 230 g/mol. The molecule has 1 atom stereocenters. The first-order valence-electron chi connectivity index (χ1n) is 5.48. The Kier molecular flexibility index (Phi) is 3.73. The summed E-state index contributed by atoms with van der Waals surface area (Å²) in [5, 5.41) is 0. The van der Waals surface area contributed by atoms with Crippen LogP contribution in [0.5, 0.6) is 0 Å². The molecular formula is C14H14O3. The van der Waals surface area contributed by atoms with Crippen LogP contribution in [-0.2, 0) is 14.3 Å². The van der Waals surface area contributed by atoms with Gasteiger partial charge in [-0.25, -0.2) is 4.79 Å². The summed E-state index contributed by atoms with van der Waals surface area (Å²) in [7, 11) is 0. The number of esters is 1. The molecule has 0 bridgehead atoms. The molecule has 0 saturated carbocycles. The minimum Gasteiger partial charge on any atom is -0.428 e. The van der Waals surface area contributed by atoms with Crippen LogP contribution in [0.3, 0.4) is 0 Å². The lowest BCUT2D eigenvalue weighted by Crippen LogP contribution is -2.15. The van der Waals surface area contributed by atoms with E-state index in [0.29, 0.717) is 6.61 Å². The lowest BCUT2D eigenvalue weighted by Gasteiger charge is -2.10. The molecule has 1 unspecified atom stereocenters. The summed E-state index contributed by atoms with van der Waals surface area (Å²) in [6.45, 7) is 2.23. The number of benzene rings is 1. The fraction of sp³-hybridized carbons (Fsp3) is 0.214. The number of rotatable bonds is 4. The van der Waals surface area contributed by atoms with Crippen molar-refractivity contribution in [2.75, 3.05) is 6.61 Å². The fourth-order valence-electron chi connectivity index (χ4n) is 1.54. The summed E-state index contributed by atoms with van der Waals surface area (Å²) in [4.78, 5) is 10.9. The SMILES string of the molecule is CC1=CC(=O)OC1OC/C=C\c1ccccc1. The van der Waals surface area contributed by atoms with E-state index in [0.717, 1.165) is 11.1 Å². The zero-order valence-electron chi connectivity index (χ0n) is 9.63. The van der Waals surface area contributed by atoms with Crippen LogP contribution >= 0.6 is 0 Å². The van der Waals surface area contributed by atoms with Gasteiger partial charge >= 0.3 is 5.97 Å². The van der Waals surface area contributed by atoms with Crippen LogP contribution in [-0.4, -0.2) is 18.9 Å². The van der Waals surface area contributed by atoms with E-state index in [4.69, 9.17) is 9.47 Å². The second kappa shape index (κ2) is 5.46. The number of hydrogen-bond donors (Lipinski definition) is 0. The van der Waals surface area contributed by atoms with Crippen molar-refractivity contribution < 1.29 is 14.3 Å². The van der Waals surface area contributed by atoms with E-state index in [2.05, 4.69) is 0 Å². The normalized spacial score (nSPS) is 19.5. The first kappa shape index (κ1) is 11.6. The Labute approximate surface area is 100 Å². The molecule has 1 aliphatic rings. The van der Waals surface area contributed by atoms with Crippen molar-refractivity contribution in [2.45, 2.75) is 13.2 Å². The third-order valence-electron chi connectivity index (χ3n) is 2.39. The van der Waals surface area contributed by atoms with Crippen LogP contribution in [0.15, 0.2) is 48.1 Å². The molecule has 1 heterocycles. The zero-order valence-corrected chi connectivity index (χ0v) is 9.63. The van der Waals surface area contributed by atoms with Crippen molar-refractivity contribution >= 4 is 12.0 Å². The van der Waals surface area contributed by atoms with Crippen molar-refractivity contribution in [1.82, 2.24) is 0 Å². The first-order valence-corrected chi connectivity index (χ1v) is 5.48. The summed E-state index contributed by atoms with van der Waals surface area (Å²) in [6.07, 6.45) is 4.79. The monoisotopic (exact) mass is 230 g/mol. The number of carbonyl (C=O) groups excluding carboxylic acids is 1. The molecule has 0 fully saturated rings. The zero-order chi connectivity index (χ0) is 12.1. The molecule has 1 aliphatic heterocycles. The Bertz CT molecular complexity index is 446. The highest BCUT2D eigenvalue weighted by Crippen LogP contribution is 2.15. The van der Waals surface area contributed by atoms with Gasteiger partial charge < -0.3 is 9.47 Å². The lowest BCUT2D eigenvalue weighted by atomic mass is 10.2. The lowest BCUT2D eigenvalue weighted by molar-refractivity contribution is -0.157.